The third kappa shape index (κ3) is 5.40. The van der Waals surface area contributed by atoms with E-state index in [-0.39, 0.29) is 5.78 Å². The van der Waals surface area contributed by atoms with Crippen LogP contribution in [0.3, 0.4) is 0 Å². The van der Waals surface area contributed by atoms with Gasteiger partial charge in [-0.25, -0.2) is 0 Å². The molecule has 2 atom stereocenters. The van der Waals surface area contributed by atoms with Crippen LogP contribution in [0.2, 0.25) is 0 Å². The molecule has 0 aromatic heterocycles. The van der Waals surface area contributed by atoms with E-state index < -0.39 is 12.7 Å². The molecule has 0 spiro atoms. The van der Waals surface area contributed by atoms with Gasteiger partial charge in [-0.3, -0.25) is 9.36 Å². The Kier molecular flexibility index (Phi) is 8.01. The van der Waals surface area contributed by atoms with Crippen LogP contribution >= 0.6 is 19.4 Å². The molecular weight excluding hydrogens is 379 g/mol. The Morgan fingerprint density at radius 1 is 1.07 bits per heavy atom. The fourth-order valence-electron chi connectivity index (χ4n) is 3.06. The van der Waals surface area contributed by atoms with E-state index in [4.69, 9.17) is 16.3 Å². The van der Waals surface area contributed by atoms with Crippen molar-refractivity contribution in [1.82, 2.24) is 0 Å². The minimum absolute atomic E-state index is 0.184. The fraction of sp³-hybridized carbons (Fsp3) is 0.409. The lowest BCUT2D eigenvalue weighted by atomic mass is 10.0. The number of carbonyl (C=O) groups is 1. The molecular formula is C22H27ClO3P. The van der Waals surface area contributed by atoms with Gasteiger partial charge < -0.3 is 4.74 Å². The summed E-state index contributed by atoms with van der Waals surface area (Å²) in [4.78, 5) is 12.6. The van der Waals surface area contributed by atoms with Crippen LogP contribution in [0.15, 0.2) is 48.5 Å². The predicted octanol–water partition coefficient (Wildman–Crippen LogP) is 5.96. The molecule has 0 bridgehead atoms. The second-order valence-electron chi connectivity index (χ2n) is 6.69. The fourth-order valence-corrected chi connectivity index (χ4v) is 5.29. The molecule has 0 aliphatic rings. The van der Waals surface area contributed by atoms with Gasteiger partial charge in [-0.05, 0) is 37.1 Å². The monoisotopic (exact) mass is 405 g/mol. The maximum absolute atomic E-state index is 13.2. The first-order valence-corrected chi connectivity index (χ1v) is 11.2. The van der Waals surface area contributed by atoms with Gasteiger partial charge in [-0.2, -0.15) is 0 Å². The summed E-state index contributed by atoms with van der Waals surface area (Å²) in [5, 5.41) is 0.568. The third-order valence-corrected chi connectivity index (χ3v) is 7.40. The van der Waals surface area contributed by atoms with Crippen molar-refractivity contribution < 1.29 is 14.1 Å². The van der Waals surface area contributed by atoms with Crippen LogP contribution < -0.4 is 10.0 Å². The summed E-state index contributed by atoms with van der Waals surface area (Å²) in [6.07, 6.45) is 4.00. The number of hydrogen-bond acceptors (Lipinski definition) is 3. The minimum atomic E-state index is -1.79. The van der Waals surface area contributed by atoms with Gasteiger partial charge >= 0.3 is 0 Å². The van der Waals surface area contributed by atoms with Crippen molar-refractivity contribution in [2.45, 2.75) is 44.4 Å². The Balaban J connectivity index is 2.35. The zero-order valence-electron chi connectivity index (χ0n) is 16.2. The number of ketones is 1. The van der Waals surface area contributed by atoms with Crippen molar-refractivity contribution in [1.29, 1.82) is 0 Å². The second-order valence-corrected chi connectivity index (χ2v) is 9.05. The van der Waals surface area contributed by atoms with Crippen LogP contribution in [0.25, 0.3) is 0 Å². The van der Waals surface area contributed by atoms with Crippen LogP contribution in [0.4, 0.5) is 0 Å². The number of halogens is 1. The number of para-hydroxylation sites is 1. The molecule has 0 heterocycles. The van der Waals surface area contributed by atoms with Crippen molar-refractivity contribution >= 4 is 30.5 Å². The largest absolute Gasteiger partial charge is 0.496 e. The zero-order chi connectivity index (χ0) is 19.9. The molecule has 3 nitrogen and oxygen atoms in total. The average Bonchev–Trinajstić information content (AvgIpc) is 2.71. The van der Waals surface area contributed by atoms with Gasteiger partial charge in [0.05, 0.1) is 17.5 Å². The Hall–Kier alpha value is -1.70. The summed E-state index contributed by atoms with van der Waals surface area (Å²) in [6.45, 7) is 4.14. The molecule has 2 aromatic carbocycles. The van der Waals surface area contributed by atoms with Crippen LogP contribution in [-0.4, -0.2) is 23.9 Å². The Bertz CT molecular complexity index is 806. The van der Waals surface area contributed by atoms with E-state index in [1.165, 1.54) is 7.11 Å². The number of unbranched alkanes of at least 4 members (excludes halogenated alkanes) is 1. The lowest BCUT2D eigenvalue weighted by Crippen LogP contribution is -2.26. The molecule has 0 aliphatic carbocycles. The van der Waals surface area contributed by atoms with Crippen molar-refractivity contribution in [2.24, 2.45) is 0 Å². The third-order valence-electron chi connectivity index (χ3n) is 4.81. The molecule has 0 fully saturated rings. The summed E-state index contributed by atoms with van der Waals surface area (Å²) in [7, 11) is -0.250. The number of hydrogen-bond donors (Lipinski definition) is 0. The smallest absolute Gasteiger partial charge is 0.197 e. The lowest BCUT2D eigenvalue weighted by molar-refractivity contribution is 0.103. The molecule has 2 rings (SSSR count). The van der Waals surface area contributed by atoms with Crippen molar-refractivity contribution in [2.75, 3.05) is 13.3 Å². The number of methoxy groups -OCH3 is 1. The van der Waals surface area contributed by atoms with Gasteiger partial charge in [-0.1, -0.05) is 51.0 Å². The van der Waals surface area contributed by atoms with Gasteiger partial charge in [0, 0.05) is 17.0 Å². The van der Waals surface area contributed by atoms with Crippen LogP contribution in [-0.2, 0) is 4.57 Å². The summed E-state index contributed by atoms with van der Waals surface area (Å²) in [5.41, 5.74) is 0.920. The van der Waals surface area contributed by atoms with E-state index in [0.717, 1.165) is 25.7 Å². The van der Waals surface area contributed by atoms with E-state index in [0.29, 0.717) is 28.3 Å². The van der Waals surface area contributed by atoms with E-state index in [1.807, 2.05) is 19.1 Å². The first kappa shape index (κ1) is 21.6. The summed E-state index contributed by atoms with van der Waals surface area (Å²) in [5.74, 6) is 0.326. The highest BCUT2D eigenvalue weighted by molar-refractivity contribution is 7.54. The molecule has 0 saturated carbocycles. The first-order chi connectivity index (χ1) is 13.0. The molecule has 1 radical (unpaired) electrons. The topological polar surface area (TPSA) is 43.4 Å². The highest BCUT2D eigenvalue weighted by Crippen LogP contribution is 2.37. The molecule has 0 aliphatic heterocycles. The van der Waals surface area contributed by atoms with Crippen LogP contribution in [0.5, 0.6) is 5.75 Å². The molecule has 145 valence electrons. The number of ether oxygens (including phenoxy) is 1. The van der Waals surface area contributed by atoms with Gasteiger partial charge in [0.1, 0.15) is 13.6 Å². The van der Waals surface area contributed by atoms with E-state index in [9.17, 15) is 9.36 Å². The van der Waals surface area contributed by atoms with E-state index in [1.54, 1.807) is 36.4 Å². The maximum Gasteiger partial charge on any atom is 0.197 e. The molecule has 0 amide bonds. The second kappa shape index (κ2) is 10.0. The highest BCUT2D eigenvalue weighted by atomic mass is 35.5. The maximum atomic E-state index is 13.2. The van der Waals surface area contributed by atoms with Crippen LogP contribution in [0, 0.1) is 0 Å². The number of alkyl halides is 1. The molecule has 2 aromatic rings. The lowest BCUT2D eigenvalue weighted by Gasteiger charge is -2.25. The van der Waals surface area contributed by atoms with Crippen molar-refractivity contribution in [3.05, 3.63) is 59.7 Å². The Morgan fingerprint density at radius 3 is 2.33 bits per heavy atom. The van der Waals surface area contributed by atoms with Gasteiger partial charge in [-0.15, -0.1) is 11.6 Å². The summed E-state index contributed by atoms with van der Waals surface area (Å²) < 4.78 is 18.5. The normalized spacial score (nSPS) is 13.7. The van der Waals surface area contributed by atoms with Gasteiger partial charge in [0.15, 0.2) is 5.78 Å². The highest BCUT2D eigenvalue weighted by Gasteiger charge is 2.30. The Morgan fingerprint density at radius 2 is 1.70 bits per heavy atom. The SMILES string of the molecule is CCCCC(Cl)(CC)C[P](=O)c1ccccc1C(=O)c1ccccc1OC. The van der Waals surface area contributed by atoms with Gasteiger partial charge in [0.25, 0.3) is 0 Å². The first-order valence-electron chi connectivity index (χ1n) is 9.36. The number of carbonyl (C=O) groups excluding carboxylic acids is 1. The molecule has 2 unspecified atom stereocenters. The van der Waals surface area contributed by atoms with Gasteiger partial charge in [0.2, 0.25) is 0 Å². The van der Waals surface area contributed by atoms with E-state index >= 15 is 0 Å². The molecule has 0 saturated heterocycles. The molecule has 27 heavy (non-hydrogen) atoms. The average molecular weight is 406 g/mol. The molecule has 5 heteroatoms. The van der Waals surface area contributed by atoms with Crippen molar-refractivity contribution in [3.63, 3.8) is 0 Å². The number of rotatable bonds is 10. The van der Waals surface area contributed by atoms with E-state index in [2.05, 4.69) is 6.92 Å². The number of benzene rings is 2. The predicted molar refractivity (Wildman–Crippen MR) is 113 cm³/mol. The quantitative estimate of drug-likeness (QED) is 0.278. The zero-order valence-corrected chi connectivity index (χ0v) is 17.9. The van der Waals surface area contributed by atoms with Crippen LogP contribution in [0.1, 0.15) is 55.5 Å². The Labute approximate surface area is 167 Å². The minimum Gasteiger partial charge on any atom is -0.496 e. The molecule has 0 N–H and O–H groups in total. The summed E-state index contributed by atoms with van der Waals surface area (Å²) >= 11 is 6.76. The standard InChI is InChI=1S/C22H27ClO3P/c1-4-6-15-22(23,5-2)16-27(25)20-14-10-8-12-18(20)21(24)17-11-7-9-13-19(17)26-3/h7-14H,4-6,15-16H2,1-3H3. The van der Waals surface area contributed by atoms with Crippen molar-refractivity contribution in [3.8, 4) is 5.75 Å². The summed E-state index contributed by atoms with van der Waals surface area (Å²) in [6, 6.07) is 14.2.